The minimum atomic E-state index is -0.947. The molecule has 0 saturated heterocycles. The molecule has 0 radical (unpaired) electrons. The molecule has 0 saturated carbocycles. The Kier molecular flexibility index (Phi) is 2.48. The van der Waals surface area contributed by atoms with Crippen molar-refractivity contribution in [2.45, 2.75) is 0 Å². The van der Waals surface area contributed by atoms with E-state index in [0.717, 1.165) is 9.13 Å². The van der Waals surface area contributed by atoms with E-state index in [0.29, 0.717) is 0 Å². The molecule has 0 unspecified atom stereocenters. The van der Waals surface area contributed by atoms with Gasteiger partial charge in [0.25, 0.3) is 0 Å². The van der Waals surface area contributed by atoms with Crippen molar-refractivity contribution in [3.05, 3.63) is 151 Å². The van der Waals surface area contributed by atoms with Crippen LogP contribution < -0.4 is 0 Å². The molecule has 0 aliphatic rings. The molecule has 0 amide bonds. The lowest BCUT2D eigenvalue weighted by Crippen LogP contribution is -2.04. The number of pyridine rings is 1. The average molecular weight is 586 g/mol. The average Bonchev–Trinajstić information content (AvgIpc) is 3.84. The molecule has 0 N–H and O–H groups in total. The molecule has 0 aliphatic carbocycles. The van der Waals surface area contributed by atoms with E-state index in [-0.39, 0.29) is 21.8 Å². The van der Waals surface area contributed by atoms with Crippen molar-refractivity contribution in [2.24, 2.45) is 0 Å². The van der Waals surface area contributed by atoms with Crippen LogP contribution in [-0.2, 0) is 0 Å². The summed E-state index contributed by atoms with van der Waals surface area (Å²) < 4.78 is 196. The highest BCUT2D eigenvalue weighted by Gasteiger charge is 2.19. The Balaban J connectivity index is 1.59. The number of nitrogens with zero attached hydrogens (tertiary/aromatic N) is 5. The number of hydrogen-bond acceptors (Lipinski definition) is 3. The second-order valence-corrected chi connectivity index (χ2v) is 9.30. The summed E-state index contributed by atoms with van der Waals surface area (Å²) in [5.74, 6) is -1.62. The van der Waals surface area contributed by atoms with Gasteiger partial charge in [0.15, 0.2) is 5.82 Å². The van der Waals surface area contributed by atoms with Crippen molar-refractivity contribution in [1.29, 1.82) is 0 Å². The van der Waals surface area contributed by atoms with E-state index in [2.05, 4.69) is 15.0 Å². The molecule has 9 rings (SSSR count). The molecular formula is C39H25N5. The largest absolute Gasteiger partial charge is 0.307 e. The summed E-state index contributed by atoms with van der Waals surface area (Å²) in [4.78, 5) is 13.1. The predicted molar refractivity (Wildman–Crippen MR) is 179 cm³/mol. The zero-order valence-electron chi connectivity index (χ0n) is 44.0. The summed E-state index contributed by atoms with van der Waals surface area (Å²) in [6.45, 7) is 0. The molecule has 0 spiro atoms. The Morgan fingerprint density at radius 2 is 1.11 bits per heavy atom. The fraction of sp³-hybridized carbons (Fsp3) is 0. The van der Waals surface area contributed by atoms with Gasteiger partial charge in [0.1, 0.15) is 5.82 Å². The fourth-order valence-corrected chi connectivity index (χ4v) is 5.17. The molecule has 0 fully saturated rings. The maximum Gasteiger partial charge on any atom is 0.162 e. The van der Waals surface area contributed by atoms with Crippen LogP contribution in [0.4, 0.5) is 0 Å². The minimum absolute atomic E-state index is 0.00757. The maximum atomic E-state index is 9.89. The van der Waals surface area contributed by atoms with Gasteiger partial charge in [-0.25, -0.2) is 9.97 Å². The van der Waals surface area contributed by atoms with E-state index in [4.69, 9.17) is 26.0 Å². The monoisotopic (exact) mass is 585 g/mol. The second kappa shape index (κ2) is 9.75. The van der Waals surface area contributed by atoms with Gasteiger partial charge in [0, 0.05) is 44.9 Å². The highest BCUT2D eigenvalue weighted by molar-refractivity contribution is 6.10. The van der Waals surface area contributed by atoms with Gasteiger partial charge in [-0.3, -0.25) is 9.55 Å². The Morgan fingerprint density at radius 1 is 0.523 bits per heavy atom. The lowest BCUT2D eigenvalue weighted by Gasteiger charge is -2.16. The van der Waals surface area contributed by atoms with Crippen LogP contribution in [0.2, 0.25) is 0 Å². The lowest BCUT2D eigenvalue weighted by molar-refractivity contribution is 1.04. The van der Waals surface area contributed by atoms with E-state index in [1.54, 1.807) is 0 Å². The first-order chi connectivity index (χ1) is 31.0. The first kappa shape index (κ1) is 11.2. The number of hydrogen-bond donors (Lipinski definition) is 0. The van der Waals surface area contributed by atoms with Gasteiger partial charge < -0.3 is 4.57 Å². The summed E-state index contributed by atoms with van der Waals surface area (Å²) in [5, 5.41) is -0.810. The summed E-state index contributed by atoms with van der Waals surface area (Å²) >= 11 is 0. The highest BCUT2D eigenvalue weighted by Crippen LogP contribution is 2.37. The highest BCUT2D eigenvalue weighted by atomic mass is 15.1. The normalized spacial score (nSPS) is 18.6. The molecule has 206 valence electrons. The fourth-order valence-electron chi connectivity index (χ4n) is 5.17. The van der Waals surface area contributed by atoms with Gasteiger partial charge in [0.2, 0.25) is 0 Å². The van der Waals surface area contributed by atoms with Crippen LogP contribution in [0.15, 0.2) is 151 Å². The molecule has 5 aromatic carbocycles. The molecule has 5 heteroatoms. The van der Waals surface area contributed by atoms with Crippen LogP contribution in [0.25, 0.3) is 77.8 Å². The van der Waals surface area contributed by atoms with Gasteiger partial charge in [-0.05, 0) is 30.2 Å². The van der Waals surface area contributed by atoms with E-state index >= 15 is 0 Å². The van der Waals surface area contributed by atoms with Gasteiger partial charge in [-0.15, -0.1) is 0 Å². The third-order valence-electron chi connectivity index (χ3n) is 6.96. The van der Waals surface area contributed by atoms with Crippen LogP contribution >= 0.6 is 0 Å². The van der Waals surface area contributed by atoms with Gasteiger partial charge in [-0.1, -0.05) is 103 Å². The number of aromatic nitrogens is 5. The van der Waals surface area contributed by atoms with Crippen molar-refractivity contribution in [3.8, 4) is 34.2 Å². The van der Waals surface area contributed by atoms with Gasteiger partial charge in [-0.2, -0.15) is 0 Å². The summed E-state index contributed by atoms with van der Waals surface area (Å²) in [5.41, 5.74) is -4.16. The van der Waals surface area contributed by atoms with E-state index in [9.17, 15) is 4.11 Å². The smallest absolute Gasteiger partial charge is 0.162 e. The van der Waals surface area contributed by atoms with E-state index < -0.39 is 189 Å². The number of benzene rings is 5. The van der Waals surface area contributed by atoms with Crippen LogP contribution in [0.1, 0.15) is 30.2 Å². The van der Waals surface area contributed by atoms with Crippen molar-refractivity contribution in [3.63, 3.8) is 0 Å². The van der Waals surface area contributed by atoms with E-state index in [1.807, 2.05) is 0 Å². The van der Waals surface area contributed by atoms with Gasteiger partial charge >= 0.3 is 0 Å². The summed E-state index contributed by atoms with van der Waals surface area (Å²) in [6, 6.07) is -16.4. The van der Waals surface area contributed by atoms with Crippen molar-refractivity contribution >= 4 is 43.6 Å². The van der Waals surface area contributed by atoms with Crippen LogP contribution in [0.5, 0.6) is 0 Å². The topological polar surface area (TPSA) is 48.5 Å². The molecule has 5 nitrogen and oxygen atoms in total. The first-order valence-corrected chi connectivity index (χ1v) is 12.9. The predicted octanol–water partition coefficient (Wildman–Crippen LogP) is 9.40. The molecule has 9 aromatic rings. The molecule has 0 atom stereocenters. The van der Waals surface area contributed by atoms with Crippen LogP contribution in [0, 0.1) is 0 Å². The first-order valence-electron chi connectivity index (χ1n) is 23.9. The molecule has 0 aliphatic heterocycles. The third-order valence-corrected chi connectivity index (χ3v) is 6.96. The third kappa shape index (κ3) is 3.69. The van der Waals surface area contributed by atoms with Crippen LogP contribution in [0.3, 0.4) is 0 Å². The standard InChI is InChI=1S/C39H25N5/c1-2-12-26(13-3-1)39-41-32(24-38(42-39)44-34-19-9-5-14-27(34)28-15-6-10-20-35(28)44)31-17-7-11-21-36(31)43-33-18-8-4-16-29(33)30-22-23-40-25-37(30)43/h1-25H/i1D,2D,3D,4D,5D,6D,7D,8D,9D,10D,11D,12D,13D,14D,15D,16D,17D,18D,19D,20D,21D,24D. The Morgan fingerprint density at radius 3 is 1.84 bits per heavy atom. The molecule has 0 bridgehead atoms. The summed E-state index contributed by atoms with van der Waals surface area (Å²) in [7, 11) is 0. The Hall–Kier alpha value is -6.07. The van der Waals surface area contributed by atoms with Crippen molar-refractivity contribution in [2.75, 3.05) is 0 Å². The Labute approximate surface area is 284 Å². The van der Waals surface area contributed by atoms with E-state index in [1.165, 1.54) is 18.5 Å². The quantitative estimate of drug-likeness (QED) is 0.207. The lowest BCUT2D eigenvalue weighted by atomic mass is 10.1. The Bertz CT molecular complexity index is 3640. The molecular weight excluding hydrogens is 538 g/mol. The minimum Gasteiger partial charge on any atom is -0.307 e. The van der Waals surface area contributed by atoms with Crippen molar-refractivity contribution < 1.29 is 30.2 Å². The zero-order valence-corrected chi connectivity index (χ0v) is 22.0. The number of para-hydroxylation sites is 4. The maximum absolute atomic E-state index is 9.89. The number of rotatable bonds is 4. The number of fused-ring (bicyclic) bond motifs is 6. The SMILES string of the molecule is [2H]c1c(-c2c([2H])c([2H])c([2H])c([2H])c2-n2c3cnccc3c3c([2H])c([2H])c([2H])c([2H])c32)nc(-c2c([2H])c([2H])c([2H])c([2H])c2[2H])nc1-n1c2c([2H])c([2H])c([2H])c([2H])c2c2c([2H])c([2H])c([2H])c([2H])c21. The van der Waals surface area contributed by atoms with Gasteiger partial charge in [0.05, 0.1) is 69.8 Å². The molecule has 4 aromatic heterocycles. The molecule has 4 heterocycles. The summed E-state index contributed by atoms with van der Waals surface area (Å²) in [6.07, 6.45) is 2.56. The second-order valence-electron chi connectivity index (χ2n) is 9.30. The van der Waals surface area contributed by atoms with Crippen molar-refractivity contribution in [1.82, 2.24) is 24.1 Å². The zero-order chi connectivity index (χ0) is 48.2. The molecule has 44 heavy (non-hydrogen) atoms. The van der Waals surface area contributed by atoms with Crippen LogP contribution in [-0.4, -0.2) is 24.1 Å².